The number of carbonyl (C=O) groups is 1. The molecule has 2 aliphatic carbocycles. The molecule has 5 nitrogen and oxygen atoms in total. The van der Waals surface area contributed by atoms with Gasteiger partial charge in [0.15, 0.2) is 0 Å². The van der Waals surface area contributed by atoms with Gasteiger partial charge in [0.25, 0.3) is 0 Å². The third kappa shape index (κ3) is 2.71. The molecule has 3 aliphatic rings. The van der Waals surface area contributed by atoms with E-state index in [1.54, 1.807) is 0 Å². The van der Waals surface area contributed by atoms with Crippen LogP contribution in [0.3, 0.4) is 0 Å². The van der Waals surface area contributed by atoms with Crippen molar-refractivity contribution >= 4 is 5.91 Å². The minimum Gasteiger partial charge on any atom is -0.338 e. The van der Waals surface area contributed by atoms with Gasteiger partial charge in [0.2, 0.25) is 5.91 Å². The fraction of sp³-hybridized carbons (Fsp3) is 0.800. The number of nitrogens with zero attached hydrogens (tertiary/aromatic N) is 3. The molecule has 2 heterocycles. The molecule has 3 fully saturated rings. The minimum absolute atomic E-state index is 0.152. The molecule has 1 unspecified atom stereocenters. The van der Waals surface area contributed by atoms with E-state index in [0.717, 1.165) is 23.9 Å². The van der Waals surface area contributed by atoms with Crippen LogP contribution in [0.5, 0.6) is 0 Å². The van der Waals surface area contributed by atoms with Gasteiger partial charge in [0.05, 0.1) is 12.2 Å². The second-order valence-corrected chi connectivity index (χ2v) is 9.12. The quantitative estimate of drug-likeness (QED) is 0.914. The topological polar surface area (TPSA) is 50.2 Å². The highest BCUT2D eigenvalue weighted by Gasteiger charge is 2.56. The number of hydrogen-bond acceptors (Lipinski definition) is 3. The van der Waals surface area contributed by atoms with Crippen LogP contribution in [-0.2, 0) is 11.8 Å². The van der Waals surface area contributed by atoms with Crippen molar-refractivity contribution in [2.75, 3.05) is 13.6 Å². The molecule has 5 atom stereocenters. The molecule has 0 radical (unpaired) electrons. The lowest BCUT2D eigenvalue weighted by atomic mass is 9.47. The third-order valence-corrected chi connectivity index (χ3v) is 7.37. The molecule has 4 rings (SSSR count). The van der Waals surface area contributed by atoms with Crippen molar-refractivity contribution in [1.29, 1.82) is 0 Å². The van der Waals surface area contributed by atoms with Crippen LogP contribution < -0.4 is 5.32 Å². The van der Waals surface area contributed by atoms with Gasteiger partial charge >= 0.3 is 0 Å². The highest BCUT2D eigenvalue weighted by Crippen LogP contribution is 2.57. The zero-order valence-electron chi connectivity index (χ0n) is 16.0. The van der Waals surface area contributed by atoms with E-state index in [4.69, 9.17) is 0 Å². The first kappa shape index (κ1) is 17.1. The summed E-state index contributed by atoms with van der Waals surface area (Å²) in [5.41, 5.74) is 1.55. The summed E-state index contributed by atoms with van der Waals surface area (Å²) in [5, 5.41) is 8.21. The summed E-state index contributed by atoms with van der Waals surface area (Å²) in [4.78, 5) is 14.2. The van der Waals surface area contributed by atoms with E-state index in [0.29, 0.717) is 23.8 Å². The van der Waals surface area contributed by atoms with Crippen molar-refractivity contribution in [3.05, 3.63) is 18.0 Å². The van der Waals surface area contributed by atoms with Crippen molar-refractivity contribution in [2.45, 2.75) is 58.0 Å². The molecule has 138 valence electrons. The Balaban J connectivity index is 1.45. The average Bonchev–Trinajstić information content (AvgIpc) is 3.11. The SMILES string of the molecule is CN1C(=O)C[C@@H](CNC2[C@@H]3CCCC[C@@H]3C2(C)C)[C@@H]1c1cnn(C)c1. The lowest BCUT2D eigenvalue weighted by Crippen LogP contribution is -2.65. The molecule has 1 saturated heterocycles. The first-order valence-corrected chi connectivity index (χ1v) is 9.87. The first-order valence-electron chi connectivity index (χ1n) is 9.87. The Labute approximate surface area is 151 Å². The minimum atomic E-state index is 0.152. The standard InChI is InChI=1S/C20H32N4O/c1-20(2)16-8-6-5-7-15(16)19(20)21-10-13-9-17(25)24(4)18(13)14-11-22-23(3)12-14/h11-13,15-16,18-19,21H,5-10H2,1-4H3/t13-,15+,16-,18+,19?/m0/s1. The summed E-state index contributed by atoms with van der Waals surface area (Å²) >= 11 is 0. The van der Waals surface area contributed by atoms with E-state index in [-0.39, 0.29) is 11.9 Å². The van der Waals surface area contributed by atoms with Crippen LogP contribution in [-0.4, -0.2) is 40.2 Å². The van der Waals surface area contributed by atoms with Gasteiger partial charge in [-0.05, 0) is 30.1 Å². The average molecular weight is 345 g/mol. The van der Waals surface area contributed by atoms with E-state index in [1.165, 1.54) is 25.7 Å². The van der Waals surface area contributed by atoms with Crippen molar-refractivity contribution in [1.82, 2.24) is 20.0 Å². The van der Waals surface area contributed by atoms with Crippen LogP contribution in [0.25, 0.3) is 0 Å². The highest BCUT2D eigenvalue weighted by atomic mass is 16.2. The number of aryl methyl sites for hydroxylation is 1. The molecular formula is C20H32N4O. The maximum absolute atomic E-state index is 12.3. The molecule has 25 heavy (non-hydrogen) atoms. The number of hydrogen-bond donors (Lipinski definition) is 1. The number of likely N-dealkylation sites (tertiary alicyclic amines) is 1. The predicted molar refractivity (Wildman–Crippen MR) is 97.8 cm³/mol. The van der Waals surface area contributed by atoms with Crippen LogP contribution in [0.15, 0.2) is 12.4 Å². The summed E-state index contributed by atoms with van der Waals surface area (Å²) in [6.45, 7) is 5.79. The molecule has 0 bridgehead atoms. The molecule has 1 N–H and O–H groups in total. The Kier molecular flexibility index (Phi) is 4.18. The maximum Gasteiger partial charge on any atom is 0.223 e. The number of amides is 1. The molecule has 0 aromatic carbocycles. The van der Waals surface area contributed by atoms with Gasteiger partial charge in [-0.3, -0.25) is 9.48 Å². The van der Waals surface area contributed by atoms with E-state index in [1.807, 2.05) is 29.9 Å². The zero-order chi connectivity index (χ0) is 17.8. The fourth-order valence-electron chi connectivity index (χ4n) is 6.06. The number of aromatic nitrogens is 2. The summed E-state index contributed by atoms with van der Waals surface area (Å²) < 4.78 is 1.83. The lowest BCUT2D eigenvalue weighted by Gasteiger charge is -2.61. The summed E-state index contributed by atoms with van der Waals surface area (Å²) in [6.07, 6.45) is 10.2. The molecule has 1 aliphatic heterocycles. The van der Waals surface area contributed by atoms with Crippen molar-refractivity contribution < 1.29 is 4.79 Å². The predicted octanol–water partition coefficient (Wildman–Crippen LogP) is 2.74. The van der Waals surface area contributed by atoms with Gasteiger partial charge in [-0.25, -0.2) is 0 Å². The Morgan fingerprint density at radius 3 is 2.76 bits per heavy atom. The van der Waals surface area contributed by atoms with E-state index < -0.39 is 0 Å². The van der Waals surface area contributed by atoms with Crippen LogP contribution in [0.2, 0.25) is 0 Å². The van der Waals surface area contributed by atoms with Crippen molar-refractivity contribution in [2.24, 2.45) is 30.2 Å². The van der Waals surface area contributed by atoms with Crippen LogP contribution in [0, 0.1) is 23.2 Å². The normalized spacial score (nSPS) is 37.0. The van der Waals surface area contributed by atoms with Gasteiger partial charge in [-0.2, -0.15) is 5.10 Å². The summed E-state index contributed by atoms with van der Waals surface area (Å²) in [5.74, 6) is 2.32. The van der Waals surface area contributed by atoms with E-state index in [9.17, 15) is 4.79 Å². The Morgan fingerprint density at radius 1 is 1.28 bits per heavy atom. The molecule has 1 aromatic heterocycles. The van der Waals surface area contributed by atoms with E-state index >= 15 is 0 Å². The Hall–Kier alpha value is -1.36. The van der Waals surface area contributed by atoms with Crippen LogP contribution in [0.4, 0.5) is 0 Å². The van der Waals surface area contributed by atoms with Gasteiger partial charge < -0.3 is 10.2 Å². The van der Waals surface area contributed by atoms with Gasteiger partial charge in [0, 0.05) is 50.8 Å². The van der Waals surface area contributed by atoms with Crippen LogP contribution >= 0.6 is 0 Å². The molecule has 0 spiro atoms. The third-order valence-electron chi connectivity index (χ3n) is 7.37. The molecule has 1 aromatic rings. The molecule has 1 amide bonds. The first-order chi connectivity index (χ1) is 11.9. The summed E-state index contributed by atoms with van der Waals surface area (Å²) in [7, 11) is 3.87. The Morgan fingerprint density at radius 2 is 2.04 bits per heavy atom. The highest BCUT2D eigenvalue weighted by molar-refractivity contribution is 5.79. The number of rotatable bonds is 4. The zero-order valence-corrected chi connectivity index (χ0v) is 16.0. The smallest absolute Gasteiger partial charge is 0.223 e. The van der Waals surface area contributed by atoms with Crippen molar-refractivity contribution in [3.63, 3.8) is 0 Å². The largest absolute Gasteiger partial charge is 0.338 e. The summed E-state index contributed by atoms with van der Waals surface area (Å²) in [6, 6.07) is 0.757. The fourth-order valence-corrected chi connectivity index (χ4v) is 6.06. The monoisotopic (exact) mass is 344 g/mol. The molecule has 5 heteroatoms. The van der Waals surface area contributed by atoms with Gasteiger partial charge in [-0.1, -0.05) is 26.7 Å². The number of fused-ring (bicyclic) bond motifs is 1. The number of carbonyl (C=O) groups excluding carboxylic acids is 1. The van der Waals surface area contributed by atoms with Crippen molar-refractivity contribution in [3.8, 4) is 0 Å². The second kappa shape index (κ2) is 6.11. The second-order valence-electron chi connectivity index (χ2n) is 9.12. The maximum atomic E-state index is 12.3. The van der Waals surface area contributed by atoms with Crippen LogP contribution in [0.1, 0.15) is 57.6 Å². The number of nitrogens with one attached hydrogen (secondary N) is 1. The van der Waals surface area contributed by atoms with Gasteiger partial charge in [-0.15, -0.1) is 0 Å². The molecule has 2 saturated carbocycles. The Bertz CT molecular complexity index is 652. The van der Waals surface area contributed by atoms with E-state index in [2.05, 4.69) is 30.5 Å². The van der Waals surface area contributed by atoms with Gasteiger partial charge in [0.1, 0.15) is 0 Å². The molecular weight excluding hydrogens is 312 g/mol. The lowest BCUT2D eigenvalue weighted by molar-refractivity contribution is -0.127.